The Balaban J connectivity index is 2.18. The van der Waals surface area contributed by atoms with Crippen LogP contribution in [0.5, 0.6) is 0 Å². The molecule has 18 heavy (non-hydrogen) atoms. The highest BCUT2D eigenvalue weighted by Crippen LogP contribution is 2.37. The van der Waals surface area contributed by atoms with Gasteiger partial charge in [-0.05, 0) is 29.3 Å². The summed E-state index contributed by atoms with van der Waals surface area (Å²) < 4.78 is 10.5. The van der Waals surface area contributed by atoms with Crippen molar-refractivity contribution in [1.29, 1.82) is 0 Å². The Labute approximate surface area is 108 Å². The van der Waals surface area contributed by atoms with Crippen molar-refractivity contribution >= 4 is 17.4 Å². The lowest BCUT2D eigenvalue weighted by molar-refractivity contribution is 0.421. The maximum absolute atomic E-state index is 5.84. The summed E-state index contributed by atoms with van der Waals surface area (Å²) in [4.78, 5) is 0. The van der Waals surface area contributed by atoms with Crippen LogP contribution in [0.4, 0.5) is 5.82 Å². The molecular weight excluding hydrogens is 252 g/mol. The van der Waals surface area contributed by atoms with Gasteiger partial charge in [0.2, 0.25) is 5.76 Å². The summed E-state index contributed by atoms with van der Waals surface area (Å²) in [5.41, 5.74) is 7.46. The standard InChI is InChI=1S/C13H9ClN2O2/c14-10-7-6-9(17-10)12-11(13(15)16-18-12)8-4-2-1-3-5-8/h1-7H,(H2,15,16). The maximum Gasteiger partial charge on any atom is 0.212 e. The van der Waals surface area contributed by atoms with Gasteiger partial charge >= 0.3 is 0 Å². The second kappa shape index (κ2) is 4.23. The number of benzene rings is 1. The van der Waals surface area contributed by atoms with E-state index in [9.17, 15) is 0 Å². The first kappa shape index (κ1) is 10.9. The lowest BCUT2D eigenvalue weighted by atomic mass is 10.1. The van der Waals surface area contributed by atoms with E-state index in [1.807, 2.05) is 30.3 Å². The van der Waals surface area contributed by atoms with Gasteiger partial charge in [0.1, 0.15) is 0 Å². The molecule has 0 unspecified atom stereocenters. The molecule has 90 valence electrons. The van der Waals surface area contributed by atoms with Crippen LogP contribution in [0, 0.1) is 0 Å². The Morgan fingerprint density at radius 1 is 1.06 bits per heavy atom. The van der Waals surface area contributed by atoms with Gasteiger partial charge < -0.3 is 14.7 Å². The molecule has 2 heterocycles. The van der Waals surface area contributed by atoms with E-state index in [2.05, 4.69) is 5.16 Å². The molecule has 0 aliphatic carbocycles. The molecule has 0 saturated carbocycles. The number of aromatic nitrogens is 1. The Kier molecular flexibility index (Phi) is 2.57. The fourth-order valence-electron chi connectivity index (χ4n) is 1.79. The smallest absolute Gasteiger partial charge is 0.212 e. The molecule has 0 radical (unpaired) electrons. The first-order valence-corrected chi connectivity index (χ1v) is 5.70. The van der Waals surface area contributed by atoms with Crippen LogP contribution >= 0.6 is 11.6 Å². The number of anilines is 1. The van der Waals surface area contributed by atoms with Crippen molar-refractivity contribution in [2.75, 3.05) is 5.73 Å². The Bertz CT molecular complexity index is 673. The largest absolute Gasteiger partial charge is 0.441 e. The molecule has 0 fully saturated rings. The van der Waals surface area contributed by atoms with Gasteiger partial charge in [0.15, 0.2) is 16.8 Å². The van der Waals surface area contributed by atoms with E-state index in [0.29, 0.717) is 28.1 Å². The Hall–Kier alpha value is -2.20. The number of hydrogen-bond acceptors (Lipinski definition) is 4. The molecule has 0 aliphatic heterocycles. The first-order valence-electron chi connectivity index (χ1n) is 5.32. The van der Waals surface area contributed by atoms with Crippen LogP contribution in [0.2, 0.25) is 5.22 Å². The van der Waals surface area contributed by atoms with Gasteiger partial charge in [0.05, 0.1) is 5.56 Å². The third-order valence-corrected chi connectivity index (χ3v) is 2.78. The molecule has 3 aromatic rings. The summed E-state index contributed by atoms with van der Waals surface area (Å²) in [7, 11) is 0. The van der Waals surface area contributed by atoms with E-state index in [4.69, 9.17) is 26.3 Å². The molecule has 3 rings (SSSR count). The van der Waals surface area contributed by atoms with Crippen molar-refractivity contribution in [1.82, 2.24) is 5.16 Å². The van der Waals surface area contributed by atoms with Crippen LogP contribution in [0.15, 0.2) is 51.4 Å². The van der Waals surface area contributed by atoms with Crippen molar-refractivity contribution in [2.24, 2.45) is 0 Å². The zero-order valence-electron chi connectivity index (χ0n) is 9.26. The Morgan fingerprint density at radius 3 is 2.50 bits per heavy atom. The summed E-state index contributed by atoms with van der Waals surface area (Å²) in [6.07, 6.45) is 0. The molecule has 0 spiro atoms. The zero-order valence-corrected chi connectivity index (χ0v) is 10.0. The third-order valence-electron chi connectivity index (χ3n) is 2.58. The molecule has 0 aliphatic rings. The number of nitrogen functional groups attached to an aromatic ring is 1. The number of rotatable bonds is 2. The number of nitrogens with zero attached hydrogens (tertiary/aromatic N) is 1. The van der Waals surface area contributed by atoms with Crippen LogP contribution in [0.1, 0.15) is 0 Å². The van der Waals surface area contributed by atoms with E-state index >= 15 is 0 Å². The molecule has 5 heteroatoms. The second-order valence-electron chi connectivity index (χ2n) is 3.74. The minimum Gasteiger partial charge on any atom is -0.441 e. The quantitative estimate of drug-likeness (QED) is 0.760. The number of nitrogens with two attached hydrogens (primary N) is 1. The maximum atomic E-state index is 5.84. The van der Waals surface area contributed by atoms with Crippen molar-refractivity contribution in [3.05, 3.63) is 47.7 Å². The minimum absolute atomic E-state index is 0.291. The summed E-state index contributed by atoms with van der Waals surface area (Å²) >= 11 is 5.76. The molecule has 2 aromatic heterocycles. The average molecular weight is 261 g/mol. The van der Waals surface area contributed by atoms with Crippen molar-refractivity contribution in [2.45, 2.75) is 0 Å². The number of halogens is 1. The Morgan fingerprint density at radius 2 is 1.83 bits per heavy atom. The first-order chi connectivity index (χ1) is 8.75. The second-order valence-corrected chi connectivity index (χ2v) is 4.11. The minimum atomic E-state index is 0.291. The summed E-state index contributed by atoms with van der Waals surface area (Å²) in [5.74, 6) is 1.30. The fourth-order valence-corrected chi connectivity index (χ4v) is 1.94. The van der Waals surface area contributed by atoms with Gasteiger partial charge in [-0.2, -0.15) is 0 Å². The highest BCUT2D eigenvalue weighted by atomic mass is 35.5. The monoisotopic (exact) mass is 260 g/mol. The van der Waals surface area contributed by atoms with E-state index in [-0.39, 0.29) is 0 Å². The normalized spacial score (nSPS) is 10.7. The number of furan rings is 1. The fraction of sp³-hybridized carbons (Fsp3) is 0. The van der Waals surface area contributed by atoms with Gasteiger partial charge in [0, 0.05) is 0 Å². The summed E-state index contributed by atoms with van der Waals surface area (Å²) in [6.45, 7) is 0. The van der Waals surface area contributed by atoms with Crippen LogP contribution in [-0.2, 0) is 0 Å². The third kappa shape index (κ3) is 1.76. The zero-order chi connectivity index (χ0) is 12.5. The molecule has 1 aromatic carbocycles. The van der Waals surface area contributed by atoms with Gasteiger partial charge in [-0.15, -0.1) is 0 Å². The van der Waals surface area contributed by atoms with Crippen molar-refractivity contribution in [3.8, 4) is 22.6 Å². The summed E-state index contributed by atoms with van der Waals surface area (Å²) in [6, 6.07) is 13.0. The van der Waals surface area contributed by atoms with Crippen molar-refractivity contribution in [3.63, 3.8) is 0 Å². The average Bonchev–Trinajstić information content (AvgIpc) is 2.96. The lowest BCUT2D eigenvalue weighted by Crippen LogP contribution is -1.88. The van der Waals surface area contributed by atoms with Gasteiger partial charge in [-0.1, -0.05) is 35.5 Å². The molecule has 0 amide bonds. The lowest BCUT2D eigenvalue weighted by Gasteiger charge is -1.99. The molecular formula is C13H9ClN2O2. The highest BCUT2D eigenvalue weighted by molar-refractivity contribution is 6.29. The molecule has 2 N–H and O–H groups in total. The van der Waals surface area contributed by atoms with Gasteiger partial charge in [0.25, 0.3) is 0 Å². The van der Waals surface area contributed by atoms with Crippen LogP contribution in [-0.4, -0.2) is 5.16 Å². The number of hydrogen-bond donors (Lipinski definition) is 1. The van der Waals surface area contributed by atoms with Gasteiger partial charge in [-0.3, -0.25) is 0 Å². The van der Waals surface area contributed by atoms with Crippen molar-refractivity contribution < 1.29 is 8.94 Å². The van der Waals surface area contributed by atoms with Crippen LogP contribution in [0.3, 0.4) is 0 Å². The molecule has 4 nitrogen and oxygen atoms in total. The SMILES string of the molecule is Nc1noc(-c2ccc(Cl)o2)c1-c1ccccc1. The van der Waals surface area contributed by atoms with E-state index < -0.39 is 0 Å². The molecule has 0 saturated heterocycles. The predicted molar refractivity (Wildman–Crippen MR) is 69.1 cm³/mol. The topological polar surface area (TPSA) is 65.2 Å². The molecule has 0 bridgehead atoms. The van der Waals surface area contributed by atoms with Crippen LogP contribution in [0.25, 0.3) is 22.6 Å². The van der Waals surface area contributed by atoms with E-state index in [0.717, 1.165) is 5.56 Å². The highest BCUT2D eigenvalue weighted by Gasteiger charge is 2.19. The van der Waals surface area contributed by atoms with E-state index in [1.54, 1.807) is 12.1 Å². The van der Waals surface area contributed by atoms with Gasteiger partial charge in [-0.25, -0.2) is 0 Å². The molecule has 0 atom stereocenters. The van der Waals surface area contributed by atoms with Crippen LogP contribution < -0.4 is 5.73 Å². The van der Waals surface area contributed by atoms with E-state index in [1.165, 1.54) is 0 Å². The summed E-state index contributed by atoms with van der Waals surface area (Å²) in [5, 5.41) is 4.07. The predicted octanol–water partition coefficient (Wildman–Crippen LogP) is 3.84.